The van der Waals surface area contributed by atoms with Crippen LogP contribution in [0.5, 0.6) is 0 Å². The Kier molecular flexibility index (Phi) is 6.16. The van der Waals surface area contributed by atoms with Crippen molar-refractivity contribution >= 4 is 5.97 Å². The monoisotopic (exact) mass is 395 g/mol. The van der Waals surface area contributed by atoms with Crippen LogP contribution in [0, 0.1) is 20.8 Å². The van der Waals surface area contributed by atoms with Gasteiger partial charge in [0.2, 0.25) is 0 Å². The number of fused-ring (bicyclic) bond motifs is 1. The topological polar surface area (TPSA) is 47.6 Å². The lowest BCUT2D eigenvalue weighted by Crippen LogP contribution is -2.30. The molecule has 0 spiro atoms. The van der Waals surface area contributed by atoms with Crippen molar-refractivity contribution in [1.82, 2.24) is 5.32 Å². The Labute approximate surface area is 174 Å². The van der Waals surface area contributed by atoms with E-state index in [-0.39, 0.29) is 5.97 Å². The van der Waals surface area contributed by atoms with E-state index in [1.165, 1.54) is 22.3 Å². The standard InChI is InChI=1S/C25H33NO3/c1-8-28-24(27)23(29-25(5,6)7)22-17(4)20-14-26-13-19(20)16(3)21(22)18-11-9-15(2)10-12-18/h9-12,23,26H,8,13-14H2,1-7H3/t23-/m0/s1. The highest BCUT2D eigenvalue weighted by molar-refractivity contribution is 5.85. The molecule has 1 N–H and O–H groups in total. The van der Waals surface area contributed by atoms with Crippen molar-refractivity contribution in [3.8, 4) is 11.1 Å². The quantitative estimate of drug-likeness (QED) is 0.698. The molecule has 0 aliphatic carbocycles. The first kappa shape index (κ1) is 21.5. The number of aryl methyl sites for hydroxylation is 1. The van der Waals surface area contributed by atoms with Gasteiger partial charge in [-0.05, 0) is 81.8 Å². The Morgan fingerprint density at radius 2 is 1.62 bits per heavy atom. The van der Waals surface area contributed by atoms with Crippen LogP contribution in [-0.4, -0.2) is 18.2 Å². The molecule has 0 saturated heterocycles. The second-order valence-electron chi connectivity index (χ2n) is 8.83. The summed E-state index contributed by atoms with van der Waals surface area (Å²) in [6.07, 6.45) is -0.768. The zero-order valence-corrected chi connectivity index (χ0v) is 18.7. The highest BCUT2D eigenvalue weighted by Crippen LogP contribution is 2.42. The van der Waals surface area contributed by atoms with Crippen molar-refractivity contribution < 1.29 is 14.3 Å². The highest BCUT2D eigenvalue weighted by atomic mass is 16.6. The number of esters is 1. The predicted molar refractivity (Wildman–Crippen MR) is 117 cm³/mol. The molecule has 2 aromatic carbocycles. The van der Waals surface area contributed by atoms with Crippen LogP contribution in [0.4, 0.5) is 0 Å². The van der Waals surface area contributed by atoms with E-state index in [1.807, 2.05) is 27.7 Å². The summed E-state index contributed by atoms with van der Waals surface area (Å²) in [6.45, 7) is 16.1. The normalized spacial score (nSPS) is 14.6. The third kappa shape index (κ3) is 4.39. The molecule has 0 unspecified atom stereocenters. The SMILES string of the molecule is CCOC(=O)[C@@H](OC(C)(C)C)c1c(C)c2c(c(C)c1-c1ccc(C)cc1)CNC2. The molecule has 1 atom stereocenters. The third-order valence-electron chi connectivity index (χ3n) is 5.50. The zero-order valence-electron chi connectivity index (χ0n) is 18.7. The fourth-order valence-electron chi connectivity index (χ4n) is 4.16. The van der Waals surface area contributed by atoms with Crippen LogP contribution in [0.2, 0.25) is 0 Å². The van der Waals surface area contributed by atoms with Crippen molar-refractivity contribution in [2.75, 3.05) is 6.61 Å². The zero-order chi connectivity index (χ0) is 21.3. The number of nitrogens with one attached hydrogen (secondary N) is 1. The maximum atomic E-state index is 13.1. The average Bonchev–Trinajstić information content (AvgIpc) is 3.14. The number of carbonyl (C=O) groups excluding carboxylic acids is 1. The molecule has 2 aromatic rings. The summed E-state index contributed by atoms with van der Waals surface area (Å²) in [7, 11) is 0. The Morgan fingerprint density at radius 3 is 2.17 bits per heavy atom. The minimum Gasteiger partial charge on any atom is -0.464 e. The van der Waals surface area contributed by atoms with Crippen LogP contribution in [-0.2, 0) is 27.4 Å². The van der Waals surface area contributed by atoms with Gasteiger partial charge in [-0.1, -0.05) is 29.8 Å². The van der Waals surface area contributed by atoms with Gasteiger partial charge in [0.1, 0.15) is 0 Å². The fraction of sp³-hybridized carbons (Fsp3) is 0.480. The molecule has 29 heavy (non-hydrogen) atoms. The summed E-state index contributed by atoms with van der Waals surface area (Å²) in [4.78, 5) is 13.1. The number of ether oxygens (including phenoxy) is 2. The minimum absolute atomic E-state index is 0.327. The maximum absolute atomic E-state index is 13.1. The summed E-state index contributed by atoms with van der Waals surface area (Å²) in [5.41, 5.74) is 8.79. The van der Waals surface area contributed by atoms with Gasteiger partial charge in [0.25, 0.3) is 0 Å². The molecule has 3 rings (SSSR count). The first-order valence-corrected chi connectivity index (χ1v) is 10.4. The Hall–Kier alpha value is -2.17. The van der Waals surface area contributed by atoms with Gasteiger partial charge in [0.15, 0.2) is 6.10 Å². The van der Waals surface area contributed by atoms with E-state index in [0.717, 1.165) is 35.3 Å². The number of benzene rings is 2. The van der Waals surface area contributed by atoms with Crippen molar-refractivity contribution in [3.05, 3.63) is 57.6 Å². The summed E-state index contributed by atoms with van der Waals surface area (Å²) < 4.78 is 11.8. The van der Waals surface area contributed by atoms with E-state index in [4.69, 9.17) is 9.47 Å². The molecule has 0 aromatic heterocycles. The first-order valence-electron chi connectivity index (χ1n) is 10.4. The molecule has 1 heterocycles. The van der Waals surface area contributed by atoms with Crippen molar-refractivity contribution in [3.63, 3.8) is 0 Å². The van der Waals surface area contributed by atoms with Gasteiger partial charge in [-0.25, -0.2) is 4.79 Å². The molecule has 1 aliphatic rings. The molecule has 0 fully saturated rings. The molecule has 0 amide bonds. The van der Waals surface area contributed by atoms with Gasteiger partial charge in [-0.3, -0.25) is 0 Å². The summed E-state index contributed by atoms with van der Waals surface area (Å²) >= 11 is 0. The molecule has 0 radical (unpaired) electrons. The third-order valence-corrected chi connectivity index (χ3v) is 5.50. The van der Waals surface area contributed by atoms with E-state index < -0.39 is 11.7 Å². The van der Waals surface area contributed by atoms with Crippen molar-refractivity contribution in [1.29, 1.82) is 0 Å². The van der Waals surface area contributed by atoms with Crippen molar-refractivity contribution in [2.45, 2.75) is 73.3 Å². The highest BCUT2D eigenvalue weighted by Gasteiger charge is 2.35. The molecular weight excluding hydrogens is 362 g/mol. The Balaban J connectivity index is 2.31. The Morgan fingerprint density at radius 1 is 1.03 bits per heavy atom. The molecule has 0 bridgehead atoms. The predicted octanol–water partition coefficient (Wildman–Crippen LogP) is 5.30. The minimum atomic E-state index is -0.768. The maximum Gasteiger partial charge on any atom is 0.339 e. The largest absolute Gasteiger partial charge is 0.464 e. The van der Waals surface area contributed by atoms with Gasteiger partial charge in [0, 0.05) is 18.7 Å². The van der Waals surface area contributed by atoms with E-state index in [1.54, 1.807) is 0 Å². The van der Waals surface area contributed by atoms with Crippen LogP contribution in [0.25, 0.3) is 11.1 Å². The van der Waals surface area contributed by atoms with Crippen LogP contribution in [0.1, 0.15) is 67.2 Å². The lowest BCUT2D eigenvalue weighted by atomic mass is 9.83. The first-order chi connectivity index (χ1) is 13.6. The van der Waals surface area contributed by atoms with Gasteiger partial charge in [-0.15, -0.1) is 0 Å². The smallest absolute Gasteiger partial charge is 0.339 e. The molecule has 1 aliphatic heterocycles. The van der Waals surface area contributed by atoms with Gasteiger partial charge in [-0.2, -0.15) is 0 Å². The average molecular weight is 396 g/mol. The molecular formula is C25H33NO3. The second-order valence-corrected chi connectivity index (χ2v) is 8.83. The molecule has 4 nitrogen and oxygen atoms in total. The number of carbonyl (C=O) groups is 1. The van der Waals surface area contributed by atoms with Gasteiger partial charge in [0.05, 0.1) is 12.2 Å². The van der Waals surface area contributed by atoms with Crippen LogP contribution in [0.15, 0.2) is 24.3 Å². The molecule has 4 heteroatoms. The number of hydrogen-bond acceptors (Lipinski definition) is 4. The molecule has 156 valence electrons. The summed E-state index contributed by atoms with van der Waals surface area (Å²) in [6, 6.07) is 8.50. The second kappa shape index (κ2) is 8.29. The summed E-state index contributed by atoms with van der Waals surface area (Å²) in [5.74, 6) is -0.329. The molecule has 0 saturated carbocycles. The van der Waals surface area contributed by atoms with E-state index >= 15 is 0 Å². The van der Waals surface area contributed by atoms with Crippen molar-refractivity contribution in [2.24, 2.45) is 0 Å². The Bertz CT molecular complexity index is 907. The van der Waals surface area contributed by atoms with E-state index in [0.29, 0.717) is 6.61 Å². The number of rotatable bonds is 5. The summed E-state index contributed by atoms with van der Waals surface area (Å²) in [5, 5.41) is 3.47. The lowest BCUT2D eigenvalue weighted by Gasteiger charge is -2.31. The van der Waals surface area contributed by atoms with Gasteiger partial charge < -0.3 is 14.8 Å². The van der Waals surface area contributed by atoms with Gasteiger partial charge >= 0.3 is 5.97 Å². The fourth-order valence-corrected chi connectivity index (χ4v) is 4.16. The van der Waals surface area contributed by atoms with E-state index in [2.05, 4.69) is 50.4 Å². The number of hydrogen-bond donors (Lipinski definition) is 1. The van der Waals surface area contributed by atoms with E-state index in [9.17, 15) is 4.79 Å². The van der Waals surface area contributed by atoms with Crippen LogP contribution < -0.4 is 5.32 Å². The van der Waals surface area contributed by atoms with Crippen LogP contribution >= 0.6 is 0 Å². The van der Waals surface area contributed by atoms with Crippen LogP contribution in [0.3, 0.4) is 0 Å². The lowest BCUT2D eigenvalue weighted by molar-refractivity contribution is -0.166.